The minimum atomic E-state index is -4.46. The number of nitrogens with two attached hydrogens (primary N) is 1. The molecule has 0 spiro atoms. The highest BCUT2D eigenvalue weighted by molar-refractivity contribution is 7.89. The third-order valence-electron chi connectivity index (χ3n) is 4.75. The van der Waals surface area contributed by atoms with E-state index < -0.39 is 21.8 Å². The van der Waals surface area contributed by atoms with Gasteiger partial charge >= 0.3 is 6.18 Å². The highest BCUT2D eigenvalue weighted by atomic mass is 32.2. The standard InChI is InChI=1S/C20H18F3N5O3S/c21-20(22,23)13-4-6-15(7-5-13)28-17-2-1-3-18(31-12-14-8-10-25-26-14)19(17)16(27-28)9-11-32(24,29)30/h1-8,10H,9,11-12H2,(H,25,26)(H2,24,29,30). The number of hydrogen-bond acceptors (Lipinski definition) is 5. The van der Waals surface area contributed by atoms with Gasteiger partial charge in [0.1, 0.15) is 12.4 Å². The summed E-state index contributed by atoms with van der Waals surface area (Å²) in [5, 5.41) is 16.8. The monoisotopic (exact) mass is 465 g/mol. The second kappa shape index (κ2) is 8.28. The molecule has 4 rings (SSSR count). The fraction of sp³-hybridized carbons (Fsp3) is 0.200. The molecule has 0 aliphatic carbocycles. The maximum Gasteiger partial charge on any atom is 0.416 e. The molecule has 0 bridgehead atoms. The molecule has 2 heterocycles. The minimum absolute atomic E-state index is 0.00734. The van der Waals surface area contributed by atoms with Gasteiger partial charge in [0.15, 0.2) is 0 Å². The Morgan fingerprint density at radius 1 is 1.09 bits per heavy atom. The molecule has 0 unspecified atom stereocenters. The molecule has 3 N–H and O–H groups in total. The molecule has 4 aromatic rings. The Labute approximate surface area is 180 Å². The number of benzene rings is 2. The Morgan fingerprint density at radius 3 is 2.47 bits per heavy atom. The summed E-state index contributed by atoms with van der Waals surface area (Å²) in [6, 6.07) is 11.4. The van der Waals surface area contributed by atoms with Crippen LogP contribution in [0.1, 0.15) is 17.0 Å². The summed E-state index contributed by atoms with van der Waals surface area (Å²) in [6.07, 6.45) is -2.87. The van der Waals surface area contributed by atoms with Crippen LogP contribution in [0.5, 0.6) is 5.75 Å². The molecule has 2 aromatic carbocycles. The van der Waals surface area contributed by atoms with E-state index in [9.17, 15) is 21.6 Å². The summed E-state index contributed by atoms with van der Waals surface area (Å²) in [4.78, 5) is 0. The van der Waals surface area contributed by atoms with Crippen molar-refractivity contribution in [1.82, 2.24) is 20.0 Å². The van der Waals surface area contributed by atoms with E-state index in [2.05, 4.69) is 15.3 Å². The van der Waals surface area contributed by atoms with Gasteiger partial charge < -0.3 is 4.74 Å². The van der Waals surface area contributed by atoms with Crippen molar-refractivity contribution in [2.75, 3.05) is 5.75 Å². The van der Waals surface area contributed by atoms with E-state index in [-0.39, 0.29) is 18.8 Å². The van der Waals surface area contributed by atoms with Gasteiger partial charge in [0, 0.05) is 12.6 Å². The molecule has 8 nitrogen and oxygen atoms in total. The van der Waals surface area contributed by atoms with Crippen LogP contribution in [-0.2, 0) is 29.2 Å². The van der Waals surface area contributed by atoms with Crippen LogP contribution in [0.15, 0.2) is 54.7 Å². The van der Waals surface area contributed by atoms with Crippen molar-refractivity contribution in [3.63, 3.8) is 0 Å². The van der Waals surface area contributed by atoms with Crippen LogP contribution in [0.3, 0.4) is 0 Å². The molecule has 0 atom stereocenters. The Balaban J connectivity index is 1.78. The summed E-state index contributed by atoms with van der Waals surface area (Å²) in [7, 11) is -3.76. The SMILES string of the molecule is NS(=O)(=O)CCc1nn(-c2ccc(C(F)(F)F)cc2)c2cccc(OCc3ccn[nH]3)c12. The van der Waals surface area contributed by atoms with E-state index >= 15 is 0 Å². The quantitative estimate of drug-likeness (QED) is 0.435. The number of aryl methyl sites for hydroxylation is 1. The van der Waals surface area contributed by atoms with E-state index in [0.29, 0.717) is 28.0 Å². The van der Waals surface area contributed by atoms with Gasteiger partial charge in [0.2, 0.25) is 10.0 Å². The Morgan fingerprint density at radius 2 is 1.84 bits per heavy atom. The number of ether oxygens (including phenoxy) is 1. The third kappa shape index (κ3) is 4.75. The van der Waals surface area contributed by atoms with Gasteiger partial charge in [-0.15, -0.1) is 0 Å². The van der Waals surface area contributed by atoms with Crippen LogP contribution in [0.2, 0.25) is 0 Å². The number of nitrogens with zero attached hydrogens (tertiary/aromatic N) is 3. The number of halogens is 3. The van der Waals surface area contributed by atoms with Crippen molar-refractivity contribution in [3.8, 4) is 11.4 Å². The van der Waals surface area contributed by atoms with E-state index in [1.807, 2.05) is 0 Å². The topological polar surface area (TPSA) is 116 Å². The summed E-state index contributed by atoms with van der Waals surface area (Å²) < 4.78 is 69.2. The van der Waals surface area contributed by atoms with Crippen molar-refractivity contribution < 1.29 is 26.3 Å². The number of sulfonamides is 1. The maximum atomic E-state index is 12.9. The average Bonchev–Trinajstić information content (AvgIpc) is 3.38. The number of primary sulfonamides is 1. The van der Waals surface area contributed by atoms with E-state index in [0.717, 1.165) is 17.8 Å². The summed E-state index contributed by atoms with van der Waals surface area (Å²) >= 11 is 0. The average molecular weight is 465 g/mol. The molecule has 168 valence electrons. The van der Waals surface area contributed by atoms with Crippen LogP contribution < -0.4 is 9.88 Å². The van der Waals surface area contributed by atoms with Crippen LogP contribution in [-0.4, -0.2) is 34.1 Å². The van der Waals surface area contributed by atoms with Gasteiger partial charge in [-0.25, -0.2) is 18.2 Å². The third-order valence-corrected chi connectivity index (χ3v) is 5.52. The zero-order valence-electron chi connectivity index (χ0n) is 16.5. The predicted octanol–water partition coefficient (Wildman–Crippen LogP) is 3.18. The zero-order chi connectivity index (χ0) is 22.9. The number of rotatable bonds is 7. The minimum Gasteiger partial charge on any atom is -0.487 e. The van der Waals surface area contributed by atoms with E-state index in [4.69, 9.17) is 9.88 Å². The molecule has 2 aromatic heterocycles. The Bertz CT molecular complexity index is 1330. The van der Waals surface area contributed by atoms with Gasteiger partial charge in [-0.05, 0) is 42.5 Å². The van der Waals surface area contributed by atoms with Crippen LogP contribution in [0.4, 0.5) is 13.2 Å². The van der Waals surface area contributed by atoms with Gasteiger partial charge in [0.25, 0.3) is 0 Å². The number of nitrogens with one attached hydrogen (secondary N) is 1. The Hall–Kier alpha value is -3.38. The van der Waals surface area contributed by atoms with Crippen LogP contribution in [0.25, 0.3) is 16.6 Å². The first-order chi connectivity index (χ1) is 15.1. The fourth-order valence-electron chi connectivity index (χ4n) is 3.25. The number of H-pyrrole nitrogens is 1. The zero-order valence-corrected chi connectivity index (χ0v) is 17.3. The lowest BCUT2D eigenvalue weighted by Gasteiger charge is -2.09. The molecule has 0 amide bonds. The Kier molecular flexibility index (Phi) is 5.65. The van der Waals surface area contributed by atoms with E-state index in [1.54, 1.807) is 30.5 Å². The molecule has 0 fully saturated rings. The van der Waals surface area contributed by atoms with Crippen molar-refractivity contribution in [1.29, 1.82) is 0 Å². The molecular formula is C20H18F3N5O3S. The lowest BCUT2D eigenvalue weighted by Crippen LogP contribution is -2.18. The van der Waals surface area contributed by atoms with Gasteiger partial charge in [-0.1, -0.05) is 6.07 Å². The summed E-state index contributed by atoms with van der Waals surface area (Å²) in [6.45, 7) is 0.180. The van der Waals surface area contributed by atoms with E-state index in [1.165, 1.54) is 16.8 Å². The largest absolute Gasteiger partial charge is 0.487 e. The van der Waals surface area contributed by atoms with Crippen molar-refractivity contribution in [2.45, 2.75) is 19.2 Å². The van der Waals surface area contributed by atoms with Crippen LogP contribution >= 0.6 is 0 Å². The number of alkyl halides is 3. The maximum absolute atomic E-state index is 12.9. The second-order valence-electron chi connectivity index (χ2n) is 7.04. The first-order valence-corrected chi connectivity index (χ1v) is 11.1. The van der Waals surface area contributed by atoms with Gasteiger partial charge in [-0.3, -0.25) is 5.10 Å². The number of aromatic amines is 1. The molecule has 0 aliphatic heterocycles. The normalized spacial score (nSPS) is 12.4. The van der Waals surface area contributed by atoms with Gasteiger partial charge in [0.05, 0.1) is 39.3 Å². The van der Waals surface area contributed by atoms with Crippen molar-refractivity contribution >= 4 is 20.9 Å². The molecule has 0 radical (unpaired) electrons. The lowest BCUT2D eigenvalue weighted by molar-refractivity contribution is -0.137. The summed E-state index contributed by atoms with van der Waals surface area (Å²) in [5.74, 6) is 0.0979. The van der Waals surface area contributed by atoms with Crippen molar-refractivity contribution in [2.24, 2.45) is 5.14 Å². The first kappa shape index (κ1) is 21.8. The molecule has 12 heteroatoms. The molecule has 0 saturated carbocycles. The first-order valence-electron chi connectivity index (χ1n) is 9.41. The number of hydrogen-bond donors (Lipinski definition) is 2. The highest BCUT2D eigenvalue weighted by Gasteiger charge is 2.30. The molecular weight excluding hydrogens is 447 g/mol. The number of aromatic nitrogens is 4. The highest BCUT2D eigenvalue weighted by Crippen LogP contribution is 2.33. The molecule has 32 heavy (non-hydrogen) atoms. The summed E-state index contributed by atoms with van der Waals surface area (Å²) in [5.41, 5.74) is 1.28. The van der Waals surface area contributed by atoms with Gasteiger partial charge in [-0.2, -0.15) is 23.4 Å². The molecule has 0 saturated heterocycles. The predicted molar refractivity (Wildman–Crippen MR) is 111 cm³/mol. The second-order valence-corrected chi connectivity index (χ2v) is 8.77. The smallest absolute Gasteiger partial charge is 0.416 e. The fourth-order valence-corrected chi connectivity index (χ4v) is 3.73. The van der Waals surface area contributed by atoms with Crippen molar-refractivity contribution in [3.05, 3.63) is 71.7 Å². The number of fused-ring (bicyclic) bond motifs is 1. The lowest BCUT2D eigenvalue weighted by atomic mass is 10.1. The molecule has 0 aliphatic rings. The van der Waals surface area contributed by atoms with Crippen LogP contribution in [0, 0.1) is 0 Å².